The molecule has 0 bridgehead atoms. The molecule has 26 heavy (non-hydrogen) atoms. The summed E-state index contributed by atoms with van der Waals surface area (Å²) in [5.74, 6) is 0.0572. The van der Waals surface area contributed by atoms with Gasteiger partial charge in [0.25, 0.3) is 0 Å². The Labute approximate surface area is 163 Å². The molecule has 0 radical (unpaired) electrons. The van der Waals surface area contributed by atoms with E-state index in [4.69, 9.17) is 0 Å². The number of carbonyl (C=O) groups excluding carboxylic acids is 1. The van der Waals surface area contributed by atoms with E-state index in [0.29, 0.717) is 32.4 Å². The van der Waals surface area contributed by atoms with Crippen LogP contribution in [0.3, 0.4) is 0 Å². The van der Waals surface area contributed by atoms with Crippen molar-refractivity contribution in [3.8, 4) is 0 Å². The first-order valence-electron chi connectivity index (χ1n) is 9.08. The first-order valence-corrected chi connectivity index (χ1v) is 9.87. The van der Waals surface area contributed by atoms with E-state index in [-0.39, 0.29) is 18.1 Å². The lowest BCUT2D eigenvalue weighted by Gasteiger charge is -2.24. The van der Waals surface area contributed by atoms with Crippen LogP contribution >= 0.6 is 15.9 Å². The Kier molecular flexibility index (Phi) is 6.83. The molecule has 0 aliphatic carbocycles. The van der Waals surface area contributed by atoms with Gasteiger partial charge in [-0.15, -0.1) is 0 Å². The molecule has 3 rings (SSSR count). The van der Waals surface area contributed by atoms with Gasteiger partial charge in [-0.25, -0.2) is 0 Å². The van der Waals surface area contributed by atoms with Crippen LogP contribution in [0.2, 0.25) is 0 Å². The van der Waals surface area contributed by atoms with Crippen molar-refractivity contribution in [2.45, 2.75) is 38.0 Å². The highest BCUT2D eigenvalue weighted by Gasteiger charge is 2.30. The van der Waals surface area contributed by atoms with Crippen molar-refractivity contribution in [2.75, 3.05) is 13.1 Å². The number of aliphatic hydroxyl groups is 1. The fraction of sp³-hybridized carbons (Fsp3) is 0.381. The number of carbonyl (C=O) groups is 1. The molecule has 1 fully saturated rings. The van der Waals surface area contributed by atoms with E-state index < -0.39 is 0 Å². The van der Waals surface area contributed by atoms with Crippen molar-refractivity contribution in [3.63, 3.8) is 0 Å². The Morgan fingerprint density at radius 2 is 1.88 bits per heavy atom. The first-order chi connectivity index (χ1) is 12.6. The predicted octanol–water partition coefficient (Wildman–Crippen LogP) is 3.13. The van der Waals surface area contributed by atoms with Crippen LogP contribution in [0.5, 0.6) is 0 Å². The minimum Gasteiger partial charge on any atom is -0.392 e. The number of amides is 1. The number of nitrogens with one attached hydrogen (secondary N) is 1. The van der Waals surface area contributed by atoms with Gasteiger partial charge in [-0.2, -0.15) is 0 Å². The fourth-order valence-electron chi connectivity index (χ4n) is 3.45. The van der Waals surface area contributed by atoms with Gasteiger partial charge in [0.1, 0.15) is 0 Å². The molecule has 1 saturated heterocycles. The van der Waals surface area contributed by atoms with Gasteiger partial charge < -0.3 is 10.4 Å². The monoisotopic (exact) mass is 416 g/mol. The molecule has 1 aliphatic heterocycles. The Morgan fingerprint density at radius 3 is 2.65 bits per heavy atom. The zero-order chi connectivity index (χ0) is 18.4. The zero-order valence-electron chi connectivity index (χ0n) is 14.8. The predicted molar refractivity (Wildman–Crippen MR) is 107 cm³/mol. The summed E-state index contributed by atoms with van der Waals surface area (Å²) >= 11 is 3.52. The van der Waals surface area contributed by atoms with Crippen LogP contribution in [0.1, 0.15) is 24.0 Å². The number of aryl methyl sites for hydroxylation is 1. The molecule has 2 unspecified atom stereocenters. The van der Waals surface area contributed by atoms with Crippen LogP contribution in [-0.2, 0) is 17.8 Å². The number of likely N-dealkylation sites (tertiary alicyclic amines) is 1. The smallest absolute Gasteiger partial charge is 0.220 e. The van der Waals surface area contributed by atoms with Gasteiger partial charge in [-0.1, -0.05) is 64.5 Å². The van der Waals surface area contributed by atoms with Crippen molar-refractivity contribution in [1.29, 1.82) is 0 Å². The maximum absolute atomic E-state index is 12.2. The van der Waals surface area contributed by atoms with Crippen LogP contribution in [0.25, 0.3) is 0 Å². The van der Waals surface area contributed by atoms with E-state index in [9.17, 15) is 9.90 Å². The van der Waals surface area contributed by atoms with Crippen molar-refractivity contribution in [1.82, 2.24) is 10.2 Å². The summed E-state index contributed by atoms with van der Waals surface area (Å²) in [6.45, 7) is 2.04. The number of hydrogen-bond donors (Lipinski definition) is 2. The van der Waals surface area contributed by atoms with Crippen LogP contribution in [0.4, 0.5) is 0 Å². The highest BCUT2D eigenvalue weighted by atomic mass is 79.9. The lowest BCUT2D eigenvalue weighted by molar-refractivity contribution is -0.121. The summed E-state index contributed by atoms with van der Waals surface area (Å²) in [4.78, 5) is 14.5. The maximum atomic E-state index is 12.2. The summed E-state index contributed by atoms with van der Waals surface area (Å²) in [5.41, 5.74) is 2.37. The lowest BCUT2D eigenvalue weighted by Crippen LogP contribution is -2.39. The van der Waals surface area contributed by atoms with Gasteiger partial charge in [0.15, 0.2) is 0 Å². The second-order valence-electron chi connectivity index (χ2n) is 6.85. The number of hydrogen-bond acceptors (Lipinski definition) is 3. The number of benzene rings is 2. The van der Waals surface area contributed by atoms with E-state index in [1.807, 2.05) is 42.5 Å². The summed E-state index contributed by atoms with van der Waals surface area (Å²) in [5, 5.41) is 13.1. The third kappa shape index (κ3) is 5.40. The standard InChI is InChI=1S/C21H25BrN2O2/c22-20-9-5-4-8-17(20)10-11-21(26)23-13-18-12-19(25)15-24(18)14-16-6-2-1-3-7-16/h1-9,18-19,25H,10-15H2,(H,23,26). The van der Waals surface area contributed by atoms with E-state index in [1.54, 1.807) is 0 Å². The molecule has 138 valence electrons. The first kappa shape index (κ1) is 19.1. The van der Waals surface area contributed by atoms with Crippen LogP contribution in [0.15, 0.2) is 59.1 Å². The summed E-state index contributed by atoms with van der Waals surface area (Å²) in [6.07, 6.45) is 1.57. The highest BCUT2D eigenvalue weighted by molar-refractivity contribution is 9.10. The van der Waals surface area contributed by atoms with Crippen molar-refractivity contribution < 1.29 is 9.90 Å². The van der Waals surface area contributed by atoms with E-state index in [2.05, 4.69) is 38.3 Å². The van der Waals surface area contributed by atoms with Crippen LogP contribution in [0, 0.1) is 0 Å². The fourth-order valence-corrected chi connectivity index (χ4v) is 3.93. The number of aliphatic hydroxyl groups excluding tert-OH is 1. The Morgan fingerprint density at radius 1 is 1.15 bits per heavy atom. The van der Waals surface area contributed by atoms with Gasteiger partial charge in [0, 0.05) is 36.6 Å². The summed E-state index contributed by atoms with van der Waals surface area (Å²) in [7, 11) is 0. The molecular weight excluding hydrogens is 392 g/mol. The molecule has 0 spiro atoms. The molecule has 0 aromatic heterocycles. The van der Waals surface area contributed by atoms with Crippen LogP contribution < -0.4 is 5.32 Å². The topological polar surface area (TPSA) is 52.6 Å². The zero-order valence-corrected chi connectivity index (χ0v) is 16.4. The number of nitrogens with zero attached hydrogens (tertiary/aromatic N) is 1. The molecule has 2 aromatic carbocycles. The third-order valence-electron chi connectivity index (χ3n) is 4.85. The molecule has 2 aromatic rings. The van der Waals surface area contributed by atoms with E-state index in [0.717, 1.165) is 16.6 Å². The molecule has 2 atom stereocenters. The Hall–Kier alpha value is -1.69. The lowest BCUT2D eigenvalue weighted by atomic mass is 10.1. The molecule has 5 heteroatoms. The third-order valence-corrected chi connectivity index (χ3v) is 5.62. The molecule has 1 amide bonds. The average Bonchev–Trinajstić information content (AvgIpc) is 2.99. The average molecular weight is 417 g/mol. The van der Waals surface area contributed by atoms with Gasteiger partial charge in [-0.3, -0.25) is 9.69 Å². The van der Waals surface area contributed by atoms with E-state index >= 15 is 0 Å². The van der Waals surface area contributed by atoms with Gasteiger partial charge in [-0.05, 0) is 30.0 Å². The number of rotatable bonds is 7. The van der Waals surface area contributed by atoms with Crippen LogP contribution in [-0.4, -0.2) is 41.1 Å². The summed E-state index contributed by atoms with van der Waals surface area (Å²) < 4.78 is 1.04. The summed E-state index contributed by atoms with van der Waals surface area (Å²) in [6, 6.07) is 18.4. The SMILES string of the molecule is O=C(CCc1ccccc1Br)NCC1CC(O)CN1Cc1ccccc1. The number of β-amino-alcohol motifs (C(OH)–C–C–N with tert-alkyl or cyclic N) is 1. The largest absolute Gasteiger partial charge is 0.392 e. The molecule has 0 saturated carbocycles. The molecule has 2 N–H and O–H groups in total. The van der Waals surface area contributed by atoms with Gasteiger partial charge in [0.2, 0.25) is 5.91 Å². The highest BCUT2D eigenvalue weighted by Crippen LogP contribution is 2.20. The number of halogens is 1. The van der Waals surface area contributed by atoms with Crippen molar-refractivity contribution >= 4 is 21.8 Å². The normalized spacial score (nSPS) is 20.2. The van der Waals surface area contributed by atoms with Crippen molar-refractivity contribution in [3.05, 3.63) is 70.2 Å². The van der Waals surface area contributed by atoms with E-state index in [1.165, 1.54) is 5.56 Å². The second-order valence-corrected chi connectivity index (χ2v) is 7.71. The van der Waals surface area contributed by atoms with Crippen molar-refractivity contribution in [2.24, 2.45) is 0 Å². The minimum atomic E-state index is -0.319. The molecular formula is C21H25BrN2O2. The quantitative estimate of drug-likeness (QED) is 0.728. The molecule has 4 nitrogen and oxygen atoms in total. The molecule has 1 aliphatic rings. The van der Waals surface area contributed by atoms with Gasteiger partial charge in [0.05, 0.1) is 6.10 Å². The minimum absolute atomic E-state index is 0.0572. The maximum Gasteiger partial charge on any atom is 0.220 e. The second kappa shape index (κ2) is 9.31. The van der Waals surface area contributed by atoms with Gasteiger partial charge >= 0.3 is 0 Å². The Balaban J connectivity index is 1.47. The molecule has 1 heterocycles. The Bertz CT molecular complexity index is 723.